The Labute approximate surface area is 113 Å². The van der Waals surface area contributed by atoms with Crippen LogP contribution in [-0.2, 0) is 6.61 Å². The summed E-state index contributed by atoms with van der Waals surface area (Å²) in [5.41, 5.74) is 2.07. The summed E-state index contributed by atoms with van der Waals surface area (Å²) in [6, 6.07) is 15.8. The normalized spacial score (nSPS) is 12.2. The highest BCUT2D eigenvalue weighted by atomic mass is 16.5. The number of nitrogens with one attached hydrogen (secondary N) is 1. The van der Waals surface area contributed by atoms with E-state index in [0.29, 0.717) is 6.04 Å². The molecule has 0 bridgehead atoms. The van der Waals surface area contributed by atoms with Crippen molar-refractivity contribution in [2.75, 3.05) is 7.05 Å². The predicted molar refractivity (Wildman–Crippen MR) is 76.4 cm³/mol. The van der Waals surface area contributed by atoms with Gasteiger partial charge >= 0.3 is 0 Å². The summed E-state index contributed by atoms with van der Waals surface area (Å²) < 4.78 is 5.76. The molecule has 0 heterocycles. The van der Waals surface area contributed by atoms with Crippen molar-refractivity contribution in [1.82, 2.24) is 5.32 Å². The third kappa shape index (κ3) is 3.56. The molecule has 2 aromatic carbocycles. The van der Waals surface area contributed by atoms with Crippen LogP contribution in [0.15, 0.2) is 48.5 Å². The van der Waals surface area contributed by atoms with Crippen LogP contribution >= 0.6 is 0 Å². The molecule has 3 heteroatoms. The monoisotopic (exact) mass is 257 g/mol. The lowest BCUT2D eigenvalue weighted by atomic mass is 10.1. The van der Waals surface area contributed by atoms with Crippen molar-refractivity contribution in [3.05, 3.63) is 59.7 Å². The third-order valence-corrected chi connectivity index (χ3v) is 3.13. The maximum atomic E-state index is 9.09. The summed E-state index contributed by atoms with van der Waals surface area (Å²) in [5, 5.41) is 12.3. The van der Waals surface area contributed by atoms with Gasteiger partial charge in [0.2, 0.25) is 0 Å². The summed E-state index contributed by atoms with van der Waals surface area (Å²) in [4.78, 5) is 0. The highest BCUT2D eigenvalue weighted by Crippen LogP contribution is 2.24. The van der Waals surface area contributed by atoms with Crippen molar-refractivity contribution >= 4 is 0 Å². The third-order valence-electron chi connectivity index (χ3n) is 3.13. The Kier molecular flexibility index (Phi) is 4.55. The molecule has 0 aliphatic heterocycles. The number of aliphatic hydroxyl groups is 1. The Hall–Kier alpha value is -1.84. The van der Waals surface area contributed by atoms with Gasteiger partial charge in [-0.2, -0.15) is 0 Å². The second kappa shape index (κ2) is 6.36. The van der Waals surface area contributed by atoms with E-state index in [9.17, 15) is 0 Å². The minimum absolute atomic E-state index is 0.0236. The van der Waals surface area contributed by atoms with Crippen molar-refractivity contribution in [1.29, 1.82) is 0 Å². The molecule has 0 radical (unpaired) electrons. The molecular formula is C16H19NO2. The zero-order valence-corrected chi connectivity index (χ0v) is 11.3. The highest BCUT2D eigenvalue weighted by Gasteiger charge is 2.03. The average Bonchev–Trinajstić information content (AvgIpc) is 2.47. The van der Waals surface area contributed by atoms with E-state index in [0.717, 1.165) is 17.1 Å². The van der Waals surface area contributed by atoms with Gasteiger partial charge < -0.3 is 15.2 Å². The smallest absolute Gasteiger partial charge is 0.127 e. The molecule has 0 aromatic heterocycles. The molecule has 0 amide bonds. The molecule has 2 N–H and O–H groups in total. The second-order valence-corrected chi connectivity index (χ2v) is 4.49. The minimum atomic E-state index is 0.0236. The number of hydrogen-bond donors (Lipinski definition) is 2. The van der Waals surface area contributed by atoms with Crippen LogP contribution in [0.5, 0.6) is 11.5 Å². The van der Waals surface area contributed by atoms with Crippen molar-refractivity contribution in [3.63, 3.8) is 0 Å². The Bertz CT molecular complexity index is 523. The Morgan fingerprint density at radius 3 is 2.47 bits per heavy atom. The molecule has 2 aromatic rings. The molecule has 0 spiro atoms. The van der Waals surface area contributed by atoms with E-state index < -0.39 is 0 Å². The molecule has 100 valence electrons. The van der Waals surface area contributed by atoms with Gasteiger partial charge in [-0.25, -0.2) is 0 Å². The van der Waals surface area contributed by atoms with Crippen molar-refractivity contribution in [3.8, 4) is 11.5 Å². The van der Waals surface area contributed by atoms with Crippen LogP contribution in [0.4, 0.5) is 0 Å². The molecule has 1 atom stereocenters. The fraction of sp³-hybridized carbons (Fsp3) is 0.250. The Morgan fingerprint density at radius 1 is 1.11 bits per heavy atom. The van der Waals surface area contributed by atoms with E-state index in [2.05, 4.69) is 12.2 Å². The summed E-state index contributed by atoms with van der Waals surface area (Å²) in [7, 11) is 1.94. The van der Waals surface area contributed by atoms with Gasteiger partial charge in [0, 0.05) is 6.04 Å². The number of benzene rings is 2. The van der Waals surface area contributed by atoms with E-state index >= 15 is 0 Å². The van der Waals surface area contributed by atoms with E-state index in [4.69, 9.17) is 9.84 Å². The molecule has 19 heavy (non-hydrogen) atoms. The lowest BCUT2D eigenvalue weighted by Crippen LogP contribution is -2.11. The zero-order valence-electron chi connectivity index (χ0n) is 11.3. The van der Waals surface area contributed by atoms with Crippen LogP contribution in [0, 0.1) is 0 Å². The quantitative estimate of drug-likeness (QED) is 0.864. The average molecular weight is 257 g/mol. The number of ether oxygens (including phenoxy) is 1. The Balaban J connectivity index is 2.10. The highest BCUT2D eigenvalue weighted by molar-refractivity contribution is 5.35. The molecular weight excluding hydrogens is 238 g/mol. The molecule has 0 aliphatic rings. The molecule has 0 saturated heterocycles. The maximum Gasteiger partial charge on any atom is 0.127 e. The number of hydrogen-bond acceptors (Lipinski definition) is 3. The van der Waals surface area contributed by atoms with Crippen molar-refractivity contribution < 1.29 is 9.84 Å². The van der Waals surface area contributed by atoms with Crippen LogP contribution in [0.25, 0.3) is 0 Å². The lowest BCUT2D eigenvalue weighted by Gasteiger charge is -2.12. The van der Waals surface area contributed by atoms with Crippen LogP contribution < -0.4 is 10.1 Å². The largest absolute Gasteiger partial charge is 0.457 e. The van der Waals surface area contributed by atoms with Crippen LogP contribution in [0.3, 0.4) is 0 Å². The van der Waals surface area contributed by atoms with E-state index in [-0.39, 0.29) is 6.61 Å². The molecule has 0 fully saturated rings. The van der Waals surface area contributed by atoms with Crippen LogP contribution in [0.2, 0.25) is 0 Å². The topological polar surface area (TPSA) is 41.5 Å². The van der Waals surface area contributed by atoms with Gasteiger partial charge in [-0.15, -0.1) is 0 Å². The van der Waals surface area contributed by atoms with Gasteiger partial charge in [0.25, 0.3) is 0 Å². The predicted octanol–water partition coefficient (Wildman–Crippen LogP) is 3.25. The van der Waals surface area contributed by atoms with Crippen LogP contribution in [-0.4, -0.2) is 12.2 Å². The van der Waals surface area contributed by atoms with Gasteiger partial charge in [-0.3, -0.25) is 0 Å². The first kappa shape index (κ1) is 13.6. The second-order valence-electron chi connectivity index (χ2n) is 4.49. The maximum absolute atomic E-state index is 9.09. The van der Waals surface area contributed by atoms with Gasteiger partial charge in [0.1, 0.15) is 11.5 Å². The van der Waals surface area contributed by atoms with Crippen molar-refractivity contribution in [2.45, 2.75) is 19.6 Å². The van der Waals surface area contributed by atoms with E-state index in [1.54, 1.807) is 0 Å². The summed E-state index contributed by atoms with van der Waals surface area (Å²) in [6.45, 7) is 2.14. The number of aliphatic hydroxyl groups excluding tert-OH is 1. The molecule has 0 aliphatic carbocycles. The molecule has 2 rings (SSSR count). The van der Waals surface area contributed by atoms with Gasteiger partial charge in [0.05, 0.1) is 6.61 Å². The van der Waals surface area contributed by atoms with Gasteiger partial charge in [0.15, 0.2) is 0 Å². The zero-order chi connectivity index (χ0) is 13.7. The van der Waals surface area contributed by atoms with Gasteiger partial charge in [-0.1, -0.05) is 24.3 Å². The van der Waals surface area contributed by atoms with Crippen LogP contribution in [0.1, 0.15) is 24.1 Å². The van der Waals surface area contributed by atoms with Crippen molar-refractivity contribution in [2.24, 2.45) is 0 Å². The Morgan fingerprint density at radius 2 is 1.84 bits per heavy atom. The fourth-order valence-electron chi connectivity index (χ4n) is 1.83. The molecule has 0 saturated carbocycles. The first-order valence-electron chi connectivity index (χ1n) is 6.38. The molecule has 1 unspecified atom stereocenters. The fourth-order valence-corrected chi connectivity index (χ4v) is 1.83. The first-order chi connectivity index (χ1) is 9.22. The standard InChI is InChI=1S/C16H19NO2/c1-12(17-2)14-6-8-15(9-7-14)19-16-5-3-4-13(10-16)11-18/h3-10,12,17-18H,11H2,1-2H3. The minimum Gasteiger partial charge on any atom is -0.457 e. The molecule has 3 nitrogen and oxygen atoms in total. The van der Waals surface area contributed by atoms with E-state index in [1.165, 1.54) is 5.56 Å². The summed E-state index contributed by atoms with van der Waals surface area (Å²) in [5.74, 6) is 1.53. The summed E-state index contributed by atoms with van der Waals surface area (Å²) in [6.07, 6.45) is 0. The number of rotatable bonds is 5. The first-order valence-corrected chi connectivity index (χ1v) is 6.38. The summed E-state index contributed by atoms with van der Waals surface area (Å²) >= 11 is 0. The van der Waals surface area contributed by atoms with Gasteiger partial charge in [-0.05, 0) is 49.4 Å². The SMILES string of the molecule is CNC(C)c1ccc(Oc2cccc(CO)c2)cc1. The lowest BCUT2D eigenvalue weighted by molar-refractivity contribution is 0.281. The van der Waals surface area contributed by atoms with E-state index in [1.807, 2.05) is 55.6 Å².